The summed E-state index contributed by atoms with van der Waals surface area (Å²) in [5.74, 6) is 0. The van der Waals surface area contributed by atoms with Gasteiger partial charge in [0.1, 0.15) is 10.7 Å². The van der Waals surface area contributed by atoms with Crippen LogP contribution in [0.4, 0.5) is 5.00 Å². The minimum atomic E-state index is 0.598. The molecule has 0 fully saturated rings. The Balaban J connectivity index is 2.66. The van der Waals surface area contributed by atoms with E-state index in [2.05, 4.69) is 47.5 Å². The molecule has 0 spiro atoms. The molecule has 0 saturated heterocycles. The molecule has 1 aromatic rings. The zero-order chi connectivity index (χ0) is 12.0. The van der Waals surface area contributed by atoms with Crippen molar-refractivity contribution in [3.05, 3.63) is 5.69 Å². The molecule has 0 saturated carbocycles. The van der Waals surface area contributed by atoms with E-state index in [0.717, 1.165) is 30.3 Å². The zero-order valence-corrected chi connectivity index (χ0v) is 11.5. The van der Waals surface area contributed by atoms with Gasteiger partial charge in [0.15, 0.2) is 0 Å². The molecule has 1 N–H and O–H groups in total. The third kappa shape index (κ3) is 3.42. The molecule has 1 rings (SSSR count). The average Bonchev–Trinajstić information content (AvgIpc) is 2.73. The Morgan fingerprint density at radius 1 is 1.38 bits per heavy atom. The first-order valence-corrected chi connectivity index (χ1v) is 6.79. The summed E-state index contributed by atoms with van der Waals surface area (Å²) in [5, 5.41) is 8.63. The maximum atomic E-state index is 4.20. The number of rotatable bonds is 7. The van der Waals surface area contributed by atoms with Gasteiger partial charge >= 0.3 is 0 Å². The van der Waals surface area contributed by atoms with Crippen LogP contribution in [0.3, 0.4) is 0 Å². The molecule has 0 aliphatic heterocycles. The molecule has 4 nitrogen and oxygen atoms in total. The summed E-state index contributed by atoms with van der Waals surface area (Å²) in [4.78, 5) is 2.43. The van der Waals surface area contributed by atoms with E-state index in [4.69, 9.17) is 0 Å². The highest BCUT2D eigenvalue weighted by Crippen LogP contribution is 2.20. The number of nitrogens with one attached hydrogen (secondary N) is 1. The van der Waals surface area contributed by atoms with E-state index >= 15 is 0 Å². The number of anilines is 1. The first kappa shape index (κ1) is 13.4. The quantitative estimate of drug-likeness (QED) is 0.798. The first-order valence-electron chi connectivity index (χ1n) is 6.01. The Kier molecular flexibility index (Phi) is 5.69. The summed E-state index contributed by atoms with van der Waals surface area (Å²) in [6.07, 6.45) is 1.17. The van der Waals surface area contributed by atoms with Crippen LogP contribution in [-0.4, -0.2) is 33.6 Å². The fraction of sp³-hybridized carbons (Fsp3) is 0.818. The van der Waals surface area contributed by atoms with Crippen molar-refractivity contribution in [3.63, 3.8) is 0 Å². The predicted molar refractivity (Wildman–Crippen MR) is 69.9 cm³/mol. The van der Waals surface area contributed by atoms with Crippen LogP contribution < -0.4 is 5.32 Å². The Labute approximate surface area is 102 Å². The van der Waals surface area contributed by atoms with Crippen molar-refractivity contribution in [1.29, 1.82) is 0 Å². The summed E-state index contributed by atoms with van der Waals surface area (Å²) in [6, 6.07) is 0.598. The zero-order valence-electron chi connectivity index (χ0n) is 10.7. The Morgan fingerprint density at radius 2 is 2.12 bits per heavy atom. The van der Waals surface area contributed by atoms with E-state index in [1.165, 1.54) is 18.0 Å². The maximum Gasteiger partial charge on any atom is 0.134 e. The third-order valence-electron chi connectivity index (χ3n) is 2.87. The van der Waals surface area contributed by atoms with Crippen LogP contribution >= 0.6 is 11.5 Å². The van der Waals surface area contributed by atoms with Crippen molar-refractivity contribution < 1.29 is 0 Å². The molecule has 92 valence electrons. The highest BCUT2D eigenvalue weighted by molar-refractivity contribution is 7.10. The summed E-state index contributed by atoms with van der Waals surface area (Å²) in [7, 11) is 0. The van der Waals surface area contributed by atoms with E-state index in [0.29, 0.717) is 6.04 Å². The van der Waals surface area contributed by atoms with Gasteiger partial charge in [0.25, 0.3) is 0 Å². The largest absolute Gasteiger partial charge is 0.374 e. The van der Waals surface area contributed by atoms with E-state index < -0.39 is 0 Å². The Bertz CT molecular complexity index is 300. The van der Waals surface area contributed by atoms with Crippen molar-refractivity contribution in [2.45, 2.75) is 46.7 Å². The van der Waals surface area contributed by atoms with Crippen molar-refractivity contribution in [2.24, 2.45) is 0 Å². The lowest BCUT2D eigenvalue weighted by molar-refractivity contribution is 0.204. The molecule has 0 amide bonds. The fourth-order valence-electron chi connectivity index (χ4n) is 1.64. The third-order valence-corrected chi connectivity index (χ3v) is 3.59. The molecule has 0 bridgehead atoms. The van der Waals surface area contributed by atoms with E-state index in [1.54, 1.807) is 0 Å². The van der Waals surface area contributed by atoms with Gasteiger partial charge in [-0.05, 0) is 26.8 Å². The molecular weight excluding hydrogens is 220 g/mol. The normalized spacial score (nSPS) is 13.1. The van der Waals surface area contributed by atoms with Crippen LogP contribution in [0.1, 0.15) is 39.8 Å². The van der Waals surface area contributed by atoms with Gasteiger partial charge in [-0.2, -0.15) is 0 Å². The van der Waals surface area contributed by atoms with Crippen molar-refractivity contribution in [2.75, 3.05) is 18.4 Å². The van der Waals surface area contributed by atoms with Crippen molar-refractivity contribution in [3.8, 4) is 0 Å². The highest BCUT2D eigenvalue weighted by Gasteiger charge is 2.15. The lowest BCUT2D eigenvalue weighted by Gasteiger charge is -2.26. The maximum absolute atomic E-state index is 4.20. The molecule has 1 aromatic heterocycles. The number of nitrogens with zero attached hydrogens (tertiary/aromatic N) is 3. The fourth-order valence-corrected chi connectivity index (χ4v) is 2.28. The van der Waals surface area contributed by atoms with Gasteiger partial charge in [-0.15, -0.1) is 5.10 Å². The Morgan fingerprint density at radius 3 is 2.69 bits per heavy atom. The summed E-state index contributed by atoms with van der Waals surface area (Å²) in [5.41, 5.74) is 1.08. The molecule has 16 heavy (non-hydrogen) atoms. The molecule has 0 aliphatic rings. The molecule has 1 heterocycles. The van der Waals surface area contributed by atoms with Gasteiger partial charge in [0.2, 0.25) is 0 Å². The minimum Gasteiger partial charge on any atom is -0.374 e. The average molecular weight is 242 g/mol. The van der Waals surface area contributed by atoms with Gasteiger partial charge in [-0.1, -0.05) is 18.3 Å². The summed E-state index contributed by atoms with van der Waals surface area (Å²) < 4.78 is 4.02. The lowest BCUT2D eigenvalue weighted by Crippen LogP contribution is -2.32. The smallest absolute Gasteiger partial charge is 0.134 e. The van der Waals surface area contributed by atoms with E-state index in [9.17, 15) is 0 Å². The standard InChI is InChI=1S/C11H22N4S/c1-5-9(4)15(7-3)8-10-11(12-6-2)16-14-13-10/h9,12H,5-8H2,1-4H3. The topological polar surface area (TPSA) is 41.1 Å². The molecule has 0 aliphatic carbocycles. The molecule has 5 heteroatoms. The van der Waals surface area contributed by atoms with E-state index in [-0.39, 0.29) is 0 Å². The number of hydrogen-bond donors (Lipinski definition) is 1. The molecule has 1 unspecified atom stereocenters. The molecule has 0 aromatic carbocycles. The van der Waals surface area contributed by atoms with Gasteiger partial charge in [0, 0.05) is 30.7 Å². The van der Waals surface area contributed by atoms with Gasteiger partial charge in [0.05, 0.1) is 0 Å². The number of hydrogen-bond acceptors (Lipinski definition) is 5. The molecule has 0 radical (unpaired) electrons. The molecular formula is C11H22N4S. The summed E-state index contributed by atoms with van der Waals surface area (Å²) in [6.45, 7) is 11.6. The van der Waals surface area contributed by atoms with Crippen LogP contribution in [0.2, 0.25) is 0 Å². The SMILES string of the molecule is CCNc1snnc1CN(CC)C(C)CC. The predicted octanol–water partition coefficient (Wildman–Crippen LogP) is 2.59. The summed E-state index contributed by atoms with van der Waals surface area (Å²) >= 11 is 1.45. The van der Waals surface area contributed by atoms with Crippen LogP contribution in [0, 0.1) is 0 Å². The first-order chi connectivity index (χ1) is 7.72. The van der Waals surface area contributed by atoms with Crippen LogP contribution in [-0.2, 0) is 6.54 Å². The second-order valence-corrected chi connectivity index (χ2v) is 4.65. The van der Waals surface area contributed by atoms with Crippen LogP contribution in [0.5, 0.6) is 0 Å². The van der Waals surface area contributed by atoms with Crippen molar-refractivity contribution in [1.82, 2.24) is 14.5 Å². The Hall–Kier alpha value is -0.680. The van der Waals surface area contributed by atoms with Crippen LogP contribution in [0.25, 0.3) is 0 Å². The number of aromatic nitrogens is 2. The minimum absolute atomic E-state index is 0.598. The van der Waals surface area contributed by atoms with Crippen LogP contribution in [0.15, 0.2) is 0 Å². The van der Waals surface area contributed by atoms with Gasteiger partial charge < -0.3 is 5.32 Å². The monoisotopic (exact) mass is 242 g/mol. The van der Waals surface area contributed by atoms with E-state index in [1.807, 2.05) is 0 Å². The highest BCUT2D eigenvalue weighted by atomic mass is 32.1. The second kappa shape index (κ2) is 6.81. The second-order valence-electron chi connectivity index (χ2n) is 3.90. The van der Waals surface area contributed by atoms with Gasteiger partial charge in [-0.25, -0.2) is 0 Å². The van der Waals surface area contributed by atoms with Crippen molar-refractivity contribution >= 4 is 16.5 Å². The molecule has 1 atom stereocenters. The lowest BCUT2D eigenvalue weighted by atomic mass is 10.2. The van der Waals surface area contributed by atoms with Gasteiger partial charge in [-0.3, -0.25) is 4.90 Å².